The van der Waals surface area contributed by atoms with Gasteiger partial charge in [-0.3, -0.25) is 106 Å². The molecule has 0 aliphatic rings. The molecule has 0 fully saturated rings. The van der Waals surface area contributed by atoms with Crippen LogP contribution in [0.4, 0.5) is 0 Å². The van der Waals surface area contributed by atoms with E-state index in [1.165, 1.54) is 77.0 Å². The van der Waals surface area contributed by atoms with Gasteiger partial charge in [-0.15, -0.1) is 0 Å². The number of nitrogens with two attached hydrogens (primary N) is 5. The third kappa shape index (κ3) is 46.7. The van der Waals surface area contributed by atoms with Crippen molar-refractivity contribution in [3.8, 4) is 5.75 Å². The fourth-order valence-corrected chi connectivity index (χ4v) is 13.9. The van der Waals surface area contributed by atoms with Crippen molar-refractivity contribution >= 4 is 130 Å². The molecule has 0 bridgehead atoms. The highest BCUT2D eigenvalue weighted by Crippen LogP contribution is 2.18. The number of carboxylic acid groups (broad SMARTS) is 1. The summed E-state index contributed by atoms with van der Waals surface area (Å²) in [6.07, 6.45) is 3.31. The number of benzene rings is 1. The number of aliphatic imine (C=N–C) groups is 1. The number of carbonyl (C=O) groups is 21. The standard InChI is InChI=1S/C90H146N28O23/c1-17-48(12)73(89(141)117-60(28-44(4)5)82(134)107-52(16)78(130)110-59(74(93)126)27-43(2)3)118-71(123)40-100-76(128)50(14)105-77(129)51(15)106-83(135)66(34-55-37-97-42-103-55)116-88(140)67(35-68(92)120)108-70(122)39-99-75(127)49(13)104-69(121)38-101-80(132)65(33-54-36-96-41-102-54)115-86(138)63(31-47(10)11)113-85(137)62(30-46(8)9)112-81(133)58(24-25-72(124)125)109-87(139)64(32-53-20-22-56(119)23-21-53)114-84(136)61(29-45(6)7)111-79(131)57(91)19-18-26-98-90(94)95/h20-23,36-37,41-52,57-67,73,119H,17-19,24-35,38-40,91H2,1-16H3,(H2,92,120)(H2,93,126)(H,96,102)(H,97,103)(H,99,127)(H,100,128)(H,101,132)(H,104,121)(H,105,129)(H,106,135)(H,107,134)(H,108,122)(H,109,139)(H,110,130)(H,111,131)(H,112,133)(H,113,137)(H,114,136)(H,115,138)(H,116,140)(H,117,141)(H,118,123)(H,124,125)(H4,94,95,98)/t48-,49-,50-,51-,52-,57-,58-,59-,60-,61-,62-,63-,64-,65-,66-,67-,73-/m0/s1. The molecule has 2 aromatic heterocycles. The van der Waals surface area contributed by atoms with E-state index in [2.05, 4.69) is 121 Å². The molecule has 17 atom stereocenters. The van der Waals surface area contributed by atoms with Crippen LogP contribution in [-0.2, 0) is 120 Å². The summed E-state index contributed by atoms with van der Waals surface area (Å²) in [5, 5.41) is 64.8. The Morgan fingerprint density at radius 1 is 0.369 bits per heavy atom. The smallest absolute Gasteiger partial charge is 0.303 e. The van der Waals surface area contributed by atoms with Crippen LogP contribution in [0.5, 0.6) is 5.75 Å². The second-order valence-corrected chi connectivity index (χ2v) is 36.8. The molecule has 0 saturated heterocycles. The number of hydrogen-bond acceptors (Lipinski definition) is 26. The lowest BCUT2D eigenvalue weighted by Gasteiger charge is -2.29. The predicted octanol–water partition coefficient (Wildman–Crippen LogP) is -6.55. The molecule has 784 valence electrons. The van der Waals surface area contributed by atoms with Crippen molar-refractivity contribution in [2.45, 2.75) is 297 Å². The van der Waals surface area contributed by atoms with Gasteiger partial charge >= 0.3 is 5.97 Å². The van der Waals surface area contributed by atoms with Gasteiger partial charge in [0.15, 0.2) is 5.96 Å². The Morgan fingerprint density at radius 2 is 0.709 bits per heavy atom. The van der Waals surface area contributed by atoms with Gasteiger partial charge in [-0.2, -0.15) is 0 Å². The number of nitrogens with zero attached hydrogens (tertiary/aromatic N) is 3. The molecule has 141 heavy (non-hydrogen) atoms. The molecule has 0 aliphatic heterocycles. The number of imidazole rings is 2. The summed E-state index contributed by atoms with van der Waals surface area (Å²) in [5.41, 5.74) is 28.8. The molecule has 1 aromatic carbocycles. The fraction of sp³-hybridized carbons (Fsp3) is 0.622. The Labute approximate surface area is 817 Å². The molecule has 3 rings (SSSR count). The molecule has 51 heteroatoms. The maximum atomic E-state index is 14.6. The Morgan fingerprint density at radius 3 is 1.13 bits per heavy atom. The normalized spacial score (nSPS) is 14.8. The molecule has 2 heterocycles. The highest BCUT2D eigenvalue weighted by molar-refractivity contribution is 6.02. The van der Waals surface area contributed by atoms with Crippen LogP contribution in [0.25, 0.3) is 0 Å². The molecule has 0 unspecified atom stereocenters. The topological polar surface area (TPSA) is 815 Å². The van der Waals surface area contributed by atoms with E-state index in [0.29, 0.717) is 18.4 Å². The number of guanidine groups is 1. The van der Waals surface area contributed by atoms with E-state index >= 15 is 0 Å². The number of phenolic OH excluding ortho intramolecular Hbond substituents is 1. The van der Waals surface area contributed by atoms with E-state index in [4.69, 9.17) is 28.7 Å². The predicted molar refractivity (Wildman–Crippen MR) is 512 cm³/mol. The lowest BCUT2D eigenvalue weighted by Crippen LogP contribution is -2.60. The Bertz CT molecular complexity index is 4740. The summed E-state index contributed by atoms with van der Waals surface area (Å²) >= 11 is 0. The van der Waals surface area contributed by atoms with Gasteiger partial charge in [0.1, 0.15) is 96.4 Å². The van der Waals surface area contributed by atoms with E-state index in [1.54, 1.807) is 69.2 Å². The molecule has 3 aromatic rings. The van der Waals surface area contributed by atoms with E-state index in [1.807, 2.05) is 13.8 Å². The summed E-state index contributed by atoms with van der Waals surface area (Å²) < 4.78 is 0. The van der Waals surface area contributed by atoms with Crippen molar-refractivity contribution in [3.63, 3.8) is 0 Å². The van der Waals surface area contributed by atoms with Crippen LogP contribution in [-0.4, -0.2) is 283 Å². The van der Waals surface area contributed by atoms with Gasteiger partial charge < -0.3 is 145 Å². The zero-order valence-corrected chi connectivity index (χ0v) is 82.7. The van der Waals surface area contributed by atoms with E-state index < -0.39 is 266 Å². The average molecular weight is 1990 g/mol. The van der Waals surface area contributed by atoms with Gasteiger partial charge in [-0.25, -0.2) is 9.97 Å². The van der Waals surface area contributed by atoms with Gasteiger partial charge in [0.25, 0.3) is 0 Å². The van der Waals surface area contributed by atoms with Crippen molar-refractivity contribution in [1.29, 1.82) is 0 Å². The number of aromatic nitrogens is 4. The maximum Gasteiger partial charge on any atom is 0.303 e. The first-order chi connectivity index (χ1) is 66.1. The fourth-order valence-electron chi connectivity index (χ4n) is 13.9. The number of nitrogens with one attached hydrogen (secondary N) is 20. The molecule has 0 spiro atoms. The zero-order valence-electron chi connectivity index (χ0n) is 82.7. The lowest BCUT2D eigenvalue weighted by atomic mass is 9.96. The van der Waals surface area contributed by atoms with Gasteiger partial charge in [-0.05, 0) is 132 Å². The second-order valence-electron chi connectivity index (χ2n) is 36.8. The highest BCUT2D eigenvalue weighted by atomic mass is 16.4. The van der Waals surface area contributed by atoms with Crippen LogP contribution >= 0.6 is 0 Å². The number of H-pyrrole nitrogens is 2. The second kappa shape index (κ2) is 61.1. The number of amides is 20. The SMILES string of the molecule is CC[C@H](C)[C@H](NC(=O)CNC(=O)[C@H](C)NC(=O)[C@H](C)NC(=O)[C@H](Cc1c[nH]cn1)NC(=O)[C@H](CC(N)=O)NC(=O)CNC(=O)[C@H](C)NC(=O)CNC(=O)[C@H](Cc1c[nH]cn1)NC(=O)[C@H](CC(C)C)NC(=O)[C@H](CC(C)C)NC(=O)[C@H](CCC(=O)O)NC(=O)[C@H](Cc1ccc(O)cc1)NC(=O)[C@H](CC(C)C)NC(=O)[C@@H](N)CCCN=C(N)N)C(=O)N[C@@H](CC(C)C)C(=O)N[C@@H](C)C(=O)N[C@@H](CC(C)C)C(N)=O. The van der Waals surface area contributed by atoms with Crippen molar-refractivity contribution in [2.24, 2.45) is 69.2 Å². The number of aromatic amines is 2. The first kappa shape index (κ1) is 121. The van der Waals surface area contributed by atoms with Crippen LogP contribution in [0.15, 0.2) is 54.3 Å². The lowest BCUT2D eigenvalue weighted by molar-refractivity contribution is -0.139. The van der Waals surface area contributed by atoms with Gasteiger partial charge in [0.05, 0.1) is 56.1 Å². The number of primary amides is 2. The molecular weight excluding hydrogens is 1840 g/mol. The summed E-state index contributed by atoms with van der Waals surface area (Å²) in [7, 11) is 0. The maximum absolute atomic E-state index is 14.6. The monoisotopic (exact) mass is 1990 g/mol. The van der Waals surface area contributed by atoms with Crippen molar-refractivity contribution < 1.29 is 111 Å². The average Bonchev–Trinajstić information content (AvgIpc) is 1.08. The summed E-state index contributed by atoms with van der Waals surface area (Å²) in [5.74, 6) is -21.7. The molecule has 51 nitrogen and oxygen atoms in total. The molecular formula is C90H146N28O23. The Kier molecular flexibility index (Phi) is 52.3. The summed E-state index contributed by atoms with van der Waals surface area (Å²) in [4.78, 5) is 303. The van der Waals surface area contributed by atoms with E-state index in [0.717, 1.165) is 0 Å². The third-order valence-electron chi connectivity index (χ3n) is 21.7. The van der Waals surface area contributed by atoms with Crippen LogP contribution in [0, 0.1) is 35.5 Å². The minimum atomic E-state index is -1.82. The highest BCUT2D eigenvalue weighted by Gasteiger charge is 2.39. The zero-order chi connectivity index (χ0) is 106. The van der Waals surface area contributed by atoms with Gasteiger partial charge in [0.2, 0.25) is 118 Å². The van der Waals surface area contributed by atoms with Gasteiger partial charge in [-0.1, -0.05) is 102 Å². The van der Waals surface area contributed by atoms with E-state index in [9.17, 15) is 111 Å². The quantitative estimate of drug-likeness (QED) is 0.0142. The number of aromatic hydroxyl groups is 1. The molecule has 32 N–H and O–H groups in total. The van der Waals surface area contributed by atoms with E-state index in [-0.39, 0.29) is 117 Å². The first-order valence-electron chi connectivity index (χ1n) is 46.8. The number of aliphatic carboxylic acids is 1. The molecule has 0 saturated carbocycles. The third-order valence-corrected chi connectivity index (χ3v) is 21.7. The van der Waals surface area contributed by atoms with Crippen molar-refractivity contribution in [3.05, 3.63) is 66.3 Å². The number of carbonyl (C=O) groups excluding carboxylic acids is 20. The number of phenols is 1. The Balaban J connectivity index is 1.72. The summed E-state index contributed by atoms with van der Waals surface area (Å²) in [6, 6.07) is -16.8. The van der Waals surface area contributed by atoms with Crippen LogP contribution in [0.2, 0.25) is 0 Å². The van der Waals surface area contributed by atoms with Crippen LogP contribution < -0.4 is 124 Å². The summed E-state index contributed by atoms with van der Waals surface area (Å²) in [6.45, 7) is 23.9. The minimum absolute atomic E-state index is 0.000248. The number of carboxylic acids is 1. The largest absolute Gasteiger partial charge is 0.508 e. The molecule has 20 amide bonds. The first-order valence-corrected chi connectivity index (χ1v) is 46.8. The van der Waals surface area contributed by atoms with Gasteiger partial charge in [0, 0.05) is 44.6 Å². The van der Waals surface area contributed by atoms with Crippen molar-refractivity contribution in [1.82, 2.24) is 116 Å². The minimum Gasteiger partial charge on any atom is -0.508 e. The molecule has 0 radical (unpaired) electrons. The van der Waals surface area contributed by atoms with Crippen LogP contribution in [0.1, 0.15) is 198 Å². The Hall–Kier alpha value is -14.5. The van der Waals surface area contributed by atoms with Crippen molar-refractivity contribution in [2.75, 3.05) is 26.2 Å². The number of hydrogen-bond donors (Lipinski definition) is 27. The number of rotatable bonds is 64. The molecule has 0 aliphatic carbocycles. The van der Waals surface area contributed by atoms with Crippen LogP contribution in [0.3, 0.4) is 0 Å².